The van der Waals surface area contributed by atoms with E-state index in [1.165, 1.54) is 0 Å². The summed E-state index contributed by atoms with van der Waals surface area (Å²) in [5.41, 5.74) is 0. The quantitative estimate of drug-likeness (QED) is 0.512. The minimum absolute atomic E-state index is 0.300. The zero-order valence-corrected chi connectivity index (χ0v) is 12.7. The van der Waals surface area contributed by atoms with Crippen molar-refractivity contribution in [2.24, 2.45) is 5.92 Å². The van der Waals surface area contributed by atoms with Crippen LogP contribution < -0.4 is 0 Å². The van der Waals surface area contributed by atoms with Gasteiger partial charge in [-0.1, -0.05) is 25.9 Å². The van der Waals surface area contributed by atoms with Gasteiger partial charge in [-0.05, 0) is 25.7 Å². The lowest BCUT2D eigenvalue weighted by molar-refractivity contribution is -0.146. The second-order valence-electron chi connectivity index (χ2n) is 5.04. The molecule has 1 aromatic heterocycles. The Kier molecular flexibility index (Phi) is 7.22. The summed E-state index contributed by atoms with van der Waals surface area (Å²) in [5, 5.41) is 3.84. The molecule has 0 saturated heterocycles. The standard InChI is InChI=1S/C14H24N2O4/c1-5-7-18-9-12-15-13(20-16-12)11(8-10(3)4)14(17)19-6-2/h10-11H,5-9H2,1-4H3. The van der Waals surface area contributed by atoms with Crippen LogP contribution in [-0.4, -0.2) is 29.3 Å². The van der Waals surface area contributed by atoms with Crippen molar-refractivity contribution >= 4 is 5.97 Å². The van der Waals surface area contributed by atoms with Crippen molar-refractivity contribution < 1.29 is 18.8 Å². The average Bonchev–Trinajstić information content (AvgIpc) is 2.85. The Bertz CT molecular complexity index is 404. The Hall–Kier alpha value is -1.43. The van der Waals surface area contributed by atoms with Crippen LogP contribution in [0, 0.1) is 5.92 Å². The molecule has 1 rings (SSSR count). The summed E-state index contributed by atoms with van der Waals surface area (Å²) < 4.78 is 15.6. The molecule has 0 amide bonds. The highest BCUT2D eigenvalue weighted by atomic mass is 16.5. The molecule has 0 aromatic carbocycles. The van der Waals surface area contributed by atoms with E-state index in [0.717, 1.165) is 6.42 Å². The predicted molar refractivity (Wildman–Crippen MR) is 73.1 cm³/mol. The molecule has 1 heterocycles. The van der Waals surface area contributed by atoms with Crippen molar-refractivity contribution in [2.75, 3.05) is 13.2 Å². The van der Waals surface area contributed by atoms with Crippen LogP contribution in [0.2, 0.25) is 0 Å². The van der Waals surface area contributed by atoms with Crippen molar-refractivity contribution in [2.45, 2.75) is 53.1 Å². The molecule has 0 aliphatic rings. The molecule has 1 aromatic rings. The molecular weight excluding hydrogens is 260 g/mol. The molecule has 114 valence electrons. The van der Waals surface area contributed by atoms with Gasteiger partial charge in [-0.25, -0.2) is 0 Å². The van der Waals surface area contributed by atoms with Crippen molar-refractivity contribution in [1.29, 1.82) is 0 Å². The average molecular weight is 284 g/mol. The van der Waals surface area contributed by atoms with Gasteiger partial charge >= 0.3 is 5.97 Å². The van der Waals surface area contributed by atoms with E-state index in [0.29, 0.717) is 43.9 Å². The number of carbonyl (C=O) groups excluding carboxylic acids is 1. The molecule has 0 aliphatic carbocycles. The summed E-state index contributed by atoms with van der Waals surface area (Å²) >= 11 is 0. The van der Waals surface area contributed by atoms with Gasteiger partial charge in [0.05, 0.1) is 6.61 Å². The van der Waals surface area contributed by atoms with Crippen molar-refractivity contribution in [1.82, 2.24) is 10.1 Å². The summed E-state index contributed by atoms with van der Waals surface area (Å²) in [7, 11) is 0. The zero-order chi connectivity index (χ0) is 15.0. The topological polar surface area (TPSA) is 74.5 Å². The number of aromatic nitrogens is 2. The first kappa shape index (κ1) is 16.6. The summed E-state index contributed by atoms with van der Waals surface area (Å²) in [6, 6.07) is 0. The third kappa shape index (κ3) is 5.28. The van der Waals surface area contributed by atoms with Gasteiger partial charge in [0.15, 0.2) is 5.82 Å². The SMILES string of the molecule is CCCOCc1noc(C(CC(C)C)C(=O)OCC)n1. The minimum atomic E-state index is -0.498. The van der Waals surface area contributed by atoms with Gasteiger partial charge in [0.2, 0.25) is 5.89 Å². The molecule has 0 radical (unpaired) electrons. The van der Waals surface area contributed by atoms with Crippen molar-refractivity contribution in [3.63, 3.8) is 0 Å². The highest BCUT2D eigenvalue weighted by Crippen LogP contribution is 2.24. The lowest BCUT2D eigenvalue weighted by Crippen LogP contribution is -2.18. The number of ether oxygens (including phenoxy) is 2. The Morgan fingerprint density at radius 1 is 1.35 bits per heavy atom. The zero-order valence-electron chi connectivity index (χ0n) is 12.7. The number of esters is 1. The largest absolute Gasteiger partial charge is 0.465 e. The molecule has 1 unspecified atom stereocenters. The van der Waals surface area contributed by atoms with Crippen LogP contribution in [0.25, 0.3) is 0 Å². The van der Waals surface area contributed by atoms with Gasteiger partial charge in [-0.3, -0.25) is 4.79 Å². The number of hydrogen-bond acceptors (Lipinski definition) is 6. The lowest BCUT2D eigenvalue weighted by atomic mass is 9.97. The van der Waals surface area contributed by atoms with E-state index in [1.54, 1.807) is 6.92 Å². The van der Waals surface area contributed by atoms with Gasteiger partial charge < -0.3 is 14.0 Å². The first-order valence-corrected chi connectivity index (χ1v) is 7.15. The fourth-order valence-corrected chi connectivity index (χ4v) is 1.79. The van der Waals surface area contributed by atoms with Gasteiger partial charge in [-0.15, -0.1) is 0 Å². The molecule has 20 heavy (non-hydrogen) atoms. The Balaban J connectivity index is 2.72. The Labute approximate surface area is 119 Å². The molecule has 6 heteroatoms. The van der Waals surface area contributed by atoms with Gasteiger partial charge in [-0.2, -0.15) is 4.98 Å². The fourth-order valence-electron chi connectivity index (χ4n) is 1.79. The van der Waals surface area contributed by atoms with Gasteiger partial charge in [0.1, 0.15) is 12.5 Å². The second-order valence-corrected chi connectivity index (χ2v) is 5.04. The maximum Gasteiger partial charge on any atom is 0.318 e. The van der Waals surface area contributed by atoms with Crippen LogP contribution in [0.3, 0.4) is 0 Å². The summed E-state index contributed by atoms with van der Waals surface area (Å²) in [5.74, 6) is 0.295. The summed E-state index contributed by atoms with van der Waals surface area (Å²) in [6.45, 7) is 9.17. The van der Waals surface area contributed by atoms with Crippen LogP contribution in [-0.2, 0) is 20.9 Å². The van der Waals surface area contributed by atoms with Crippen LogP contribution in [0.1, 0.15) is 58.2 Å². The smallest absolute Gasteiger partial charge is 0.318 e. The molecule has 0 fully saturated rings. The third-order valence-corrected chi connectivity index (χ3v) is 2.64. The second kappa shape index (κ2) is 8.68. The maximum atomic E-state index is 12.0. The van der Waals surface area contributed by atoms with Crippen molar-refractivity contribution in [3.8, 4) is 0 Å². The van der Waals surface area contributed by atoms with Crippen LogP contribution in [0.15, 0.2) is 4.52 Å². The summed E-state index contributed by atoms with van der Waals surface area (Å²) in [4.78, 5) is 16.2. The first-order chi connectivity index (χ1) is 9.58. The number of carbonyl (C=O) groups is 1. The highest BCUT2D eigenvalue weighted by molar-refractivity contribution is 5.76. The monoisotopic (exact) mass is 284 g/mol. The van der Waals surface area contributed by atoms with E-state index in [2.05, 4.69) is 10.1 Å². The number of rotatable bonds is 9. The van der Waals surface area contributed by atoms with Crippen LogP contribution in [0.5, 0.6) is 0 Å². The Morgan fingerprint density at radius 3 is 2.70 bits per heavy atom. The fraction of sp³-hybridized carbons (Fsp3) is 0.786. The Morgan fingerprint density at radius 2 is 2.10 bits per heavy atom. The third-order valence-electron chi connectivity index (χ3n) is 2.64. The first-order valence-electron chi connectivity index (χ1n) is 7.15. The maximum absolute atomic E-state index is 12.0. The molecule has 0 saturated carbocycles. The molecule has 1 atom stereocenters. The lowest BCUT2D eigenvalue weighted by Gasteiger charge is -2.13. The van der Waals surface area contributed by atoms with E-state index in [-0.39, 0.29) is 5.97 Å². The number of hydrogen-bond donors (Lipinski definition) is 0. The van der Waals surface area contributed by atoms with E-state index in [9.17, 15) is 4.79 Å². The van der Waals surface area contributed by atoms with E-state index in [1.807, 2.05) is 20.8 Å². The molecular formula is C14H24N2O4. The molecule has 6 nitrogen and oxygen atoms in total. The molecule has 0 aliphatic heterocycles. The van der Waals surface area contributed by atoms with E-state index >= 15 is 0 Å². The minimum Gasteiger partial charge on any atom is -0.465 e. The van der Waals surface area contributed by atoms with Crippen molar-refractivity contribution in [3.05, 3.63) is 11.7 Å². The van der Waals surface area contributed by atoms with E-state index in [4.69, 9.17) is 14.0 Å². The van der Waals surface area contributed by atoms with Gasteiger partial charge in [0, 0.05) is 6.61 Å². The van der Waals surface area contributed by atoms with Crippen LogP contribution in [0.4, 0.5) is 0 Å². The molecule has 0 bridgehead atoms. The number of nitrogens with zero attached hydrogens (tertiary/aromatic N) is 2. The summed E-state index contributed by atoms with van der Waals surface area (Å²) in [6.07, 6.45) is 1.56. The normalized spacial score (nSPS) is 12.7. The van der Waals surface area contributed by atoms with Gasteiger partial charge in [0.25, 0.3) is 0 Å². The molecule has 0 spiro atoms. The predicted octanol–water partition coefficient (Wildman–Crippen LogP) is 2.69. The highest BCUT2D eigenvalue weighted by Gasteiger charge is 2.28. The van der Waals surface area contributed by atoms with Crippen LogP contribution >= 0.6 is 0 Å². The van der Waals surface area contributed by atoms with E-state index < -0.39 is 5.92 Å². The molecule has 0 N–H and O–H groups in total.